The second kappa shape index (κ2) is 9.60. The molecule has 2 unspecified atom stereocenters. The Morgan fingerprint density at radius 3 is 2.71 bits per heavy atom. The predicted octanol–water partition coefficient (Wildman–Crippen LogP) is 3.65. The molecule has 1 aliphatic rings. The van der Waals surface area contributed by atoms with Crippen LogP contribution in [0.1, 0.15) is 24.1 Å². The highest BCUT2D eigenvalue weighted by molar-refractivity contribution is 7.78. The number of piperazine rings is 1. The SMILES string of the molecule is COc1cc(Cl)cc(C(C)Nc2cc(N3CCNCC3)ccc2CS(=O)O)c1. The molecule has 0 bridgehead atoms. The summed E-state index contributed by atoms with van der Waals surface area (Å²) in [5.41, 5.74) is 3.74. The van der Waals surface area contributed by atoms with Gasteiger partial charge in [0.1, 0.15) is 5.75 Å². The van der Waals surface area contributed by atoms with E-state index in [0.717, 1.165) is 48.7 Å². The number of nitrogens with one attached hydrogen (secondary N) is 2. The Morgan fingerprint density at radius 1 is 1.29 bits per heavy atom. The van der Waals surface area contributed by atoms with Crippen molar-refractivity contribution in [1.82, 2.24) is 5.32 Å². The fourth-order valence-electron chi connectivity index (χ4n) is 3.35. The summed E-state index contributed by atoms with van der Waals surface area (Å²) in [6.07, 6.45) is 0. The first-order valence-corrected chi connectivity index (χ1v) is 10.9. The maximum Gasteiger partial charge on any atom is 0.157 e. The fraction of sp³-hybridized carbons (Fsp3) is 0.400. The zero-order valence-corrected chi connectivity index (χ0v) is 17.6. The quantitative estimate of drug-likeness (QED) is 0.590. The van der Waals surface area contributed by atoms with Crippen LogP contribution in [-0.4, -0.2) is 42.1 Å². The van der Waals surface area contributed by atoms with E-state index in [2.05, 4.69) is 21.6 Å². The number of hydrogen-bond donors (Lipinski definition) is 3. The van der Waals surface area contributed by atoms with Crippen LogP contribution in [-0.2, 0) is 16.8 Å². The second-order valence-electron chi connectivity index (χ2n) is 6.83. The first kappa shape index (κ1) is 20.9. The lowest BCUT2D eigenvalue weighted by Crippen LogP contribution is -2.43. The van der Waals surface area contributed by atoms with Gasteiger partial charge in [0, 0.05) is 48.6 Å². The van der Waals surface area contributed by atoms with Crippen LogP contribution in [0.3, 0.4) is 0 Å². The number of nitrogens with zero attached hydrogens (tertiary/aromatic N) is 1. The number of hydrogen-bond acceptors (Lipinski definition) is 5. The van der Waals surface area contributed by atoms with Gasteiger partial charge in [0.25, 0.3) is 0 Å². The highest BCUT2D eigenvalue weighted by Crippen LogP contribution is 2.31. The molecule has 1 aliphatic heterocycles. The molecular formula is C20H26ClN3O3S. The zero-order valence-electron chi connectivity index (χ0n) is 16.1. The van der Waals surface area contributed by atoms with Crippen LogP contribution in [0, 0.1) is 0 Å². The summed E-state index contributed by atoms with van der Waals surface area (Å²) in [4.78, 5) is 2.31. The molecule has 3 N–H and O–H groups in total. The predicted molar refractivity (Wildman–Crippen MR) is 116 cm³/mol. The van der Waals surface area contributed by atoms with Crippen molar-refractivity contribution in [3.8, 4) is 5.75 Å². The molecule has 2 aromatic rings. The molecule has 0 spiro atoms. The third-order valence-electron chi connectivity index (χ3n) is 4.86. The Kier molecular flexibility index (Phi) is 7.18. The lowest BCUT2D eigenvalue weighted by atomic mass is 10.1. The van der Waals surface area contributed by atoms with Gasteiger partial charge in [0.2, 0.25) is 0 Å². The number of methoxy groups -OCH3 is 1. The van der Waals surface area contributed by atoms with E-state index in [0.29, 0.717) is 10.8 Å². The minimum absolute atomic E-state index is 0.0586. The molecule has 152 valence electrons. The van der Waals surface area contributed by atoms with Crippen LogP contribution >= 0.6 is 11.6 Å². The monoisotopic (exact) mass is 423 g/mol. The van der Waals surface area contributed by atoms with Crippen molar-refractivity contribution in [2.45, 2.75) is 18.7 Å². The molecule has 0 aliphatic carbocycles. The van der Waals surface area contributed by atoms with Gasteiger partial charge in [-0.05, 0) is 48.4 Å². The van der Waals surface area contributed by atoms with Gasteiger partial charge in [-0.1, -0.05) is 17.7 Å². The van der Waals surface area contributed by atoms with Crippen LogP contribution in [0.2, 0.25) is 5.02 Å². The first-order chi connectivity index (χ1) is 13.5. The number of halogens is 1. The molecule has 28 heavy (non-hydrogen) atoms. The van der Waals surface area contributed by atoms with Crippen molar-refractivity contribution < 1.29 is 13.5 Å². The summed E-state index contributed by atoms with van der Waals surface area (Å²) < 4.78 is 26.1. The van der Waals surface area contributed by atoms with Gasteiger partial charge in [0.05, 0.1) is 12.9 Å². The van der Waals surface area contributed by atoms with E-state index in [9.17, 15) is 8.76 Å². The maximum atomic E-state index is 11.4. The smallest absolute Gasteiger partial charge is 0.157 e. The standard InChI is InChI=1S/C20H26ClN3O3S/c1-14(16-9-17(21)11-19(10-16)27-2)23-20-12-18(24-7-5-22-6-8-24)4-3-15(20)13-28(25)26/h3-4,9-12,14,22-23H,5-8,13H2,1-2H3,(H,25,26). The minimum Gasteiger partial charge on any atom is -0.497 e. The molecular weight excluding hydrogens is 398 g/mol. The summed E-state index contributed by atoms with van der Waals surface area (Å²) in [6.45, 7) is 5.80. The van der Waals surface area contributed by atoms with E-state index in [4.69, 9.17) is 16.3 Å². The van der Waals surface area contributed by atoms with Crippen LogP contribution in [0.5, 0.6) is 5.75 Å². The van der Waals surface area contributed by atoms with E-state index in [-0.39, 0.29) is 11.8 Å². The molecule has 2 atom stereocenters. The van der Waals surface area contributed by atoms with Crippen molar-refractivity contribution in [2.24, 2.45) is 0 Å². The Morgan fingerprint density at radius 2 is 2.04 bits per heavy atom. The van der Waals surface area contributed by atoms with E-state index >= 15 is 0 Å². The van der Waals surface area contributed by atoms with Crippen molar-refractivity contribution in [3.63, 3.8) is 0 Å². The van der Waals surface area contributed by atoms with E-state index < -0.39 is 11.1 Å². The van der Waals surface area contributed by atoms with Crippen molar-refractivity contribution in [2.75, 3.05) is 43.5 Å². The van der Waals surface area contributed by atoms with Crippen LogP contribution in [0.15, 0.2) is 36.4 Å². The molecule has 8 heteroatoms. The third-order valence-corrected chi connectivity index (χ3v) is 5.63. The Labute approximate surface area is 173 Å². The number of rotatable bonds is 7. The molecule has 1 heterocycles. The maximum absolute atomic E-state index is 11.4. The van der Waals surface area contributed by atoms with E-state index in [1.54, 1.807) is 13.2 Å². The molecule has 2 aromatic carbocycles. The van der Waals surface area contributed by atoms with Crippen molar-refractivity contribution in [1.29, 1.82) is 0 Å². The average molecular weight is 424 g/mol. The molecule has 0 saturated carbocycles. The lowest BCUT2D eigenvalue weighted by molar-refractivity contribution is 0.414. The highest BCUT2D eigenvalue weighted by Gasteiger charge is 2.16. The van der Waals surface area contributed by atoms with E-state index in [1.807, 2.05) is 31.2 Å². The summed E-state index contributed by atoms with van der Waals surface area (Å²) in [5, 5.41) is 7.45. The summed E-state index contributed by atoms with van der Waals surface area (Å²) >= 11 is 4.30. The van der Waals surface area contributed by atoms with Gasteiger partial charge < -0.3 is 24.8 Å². The van der Waals surface area contributed by atoms with Crippen LogP contribution in [0.25, 0.3) is 0 Å². The van der Waals surface area contributed by atoms with Crippen molar-refractivity contribution in [3.05, 3.63) is 52.5 Å². The lowest BCUT2D eigenvalue weighted by Gasteiger charge is -2.30. The first-order valence-electron chi connectivity index (χ1n) is 9.23. The van der Waals surface area contributed by atoms with Gasteiger partial charge in [-0.2, -0.15) is 0 Å². The highest BCUT2D eigenvalue weighted by atomic mass is 35.5. The molecule has 0 aromatic heterocycles. The summed E-state index contributed by atoms with van der Waals surface area (Å²) in [7, 11) is 1.61. The normalized spacial score (nSPS) is 16.5. The second-order valence-corrected chi connectivity index (χ2v) is 8.20. The van der Waals surface area contributed by atoms with Gasteiger partial charge in [0.15, 0.2) is 11.1 Å². The van der Waals surface area contributed by atoms with Gasteiger partial charge >= 0.3 is 0 Å². The Bertz CT molecular complexity index is 843. The third kappa shape index (κ3) is 5.38. The molecule has 3 rings (SSSR count). The van der Waals surface area contributed by atoms with Gasteiger partial charge in [-0.3, -0.25) is 0 Å². The summed E-state index contributed by atoms with van der Waals surface area (Å²) in [6, 6.07) is 11.6. The van der Waals surface area contributed by atoms with Gasteiger partial charge in [-0.15, -0.1) is 0 Å². The summed E-state index contributed by atoms with van der Waals surface area (Å²) in [5.74, 6) is 0.776. The largest absolute Gasteiger partial charge is 0.497 e. The molecule has 0 radical (unpaired) electrons. The average Bonchev–Trinajstić information content (AvgIpc) is 2.69. The number of ether oxygens (including phenoxy) is 1. The van der Waals surface area contributed by atoms with Crippen LogP contribution in [0.4, 0.5) is 11.4 Å². The van der Waals surface area contributed by atoms with E-state index in [1.165, 1.54) is 0 Å². The Balaban J connectivity index is 1.88. The number of anilines is 2. The fourth-order valence-corrected chi connectivity index (χ4v) is 4.10. The van der Waals surface area contributed by atoms with Gasteiger partial charge in [-0.25, -0.2) is 4.21 Å². The Hall–Kier alpha value is -1.80. The molecule has 1 fully saturated rings. The van der Waals surface area contributed by atoms with Crippen molar-refractivity contribution >= 4 is 34.1 Å². The molecule has 1 saturated heterocycles. The molecule has 0 amide bonds. The topological polar surface area (TPSA) is 73.8 Å². The zero-order chi connectivity index (χ0) is 20.1. The molecule has 6 nitrogen and oxygen atoms in total. The van der Waals surface area contributed by atoms with Crippen LogP contribution < -0.4 is 20.3 Å². The minimum atomic E-state index is -1.91. The number of benzene rings is 2.